The molecule has 0 radical (unpaired) electrons. The third kappa shape index (κ3) is 2.29. The van der Waals surface area contributed by atoms with Crippen LogP contribution in [0.1, 0.15) is 46.5 Å². The average molecular weight is 197 g/mol. The molecule has 2 heteroatoms. The molecule has 14 heavy (non-hydrogen) atoms. The van der Waals surface area contributed by atoms with Gasteiger partial charge in [-0.3, -0.25) is 0 Å². The third-order valence-corrected chi connectivity index (χ3v) is 3.74. The Morgan fingerprint density at radius 1 is 1.07 bits per heavy atom. The number of hydrogen-bond acceptors (Lipinski definition) is 2. The van der Waals surface area contributed by atoms with Gasteiger partial charge in [0.2, 0.25) is 0 Å². The predicted molar refractivity (Wildman–Crippen MR) is 58.4 cm³/mol. The highest BCUT2D eigenvalue weighted by Crippen LogP contribution is 2.27. The van der Waals surface area contributed by atoms with E-state index < -0.39 is 0 Å². The predicted octanol–water partition coefficient (Wildman–Crippen LogP) is 2.33. The molecule has 1 aliphatic carbocycles. The van der Waals surface area contributed by atoms with Crippen molar-refractivity contribution in [3.05, 3.63) is 0 Å². The lowest BCUT2D eigenvalue weighted by Crippen LogP contribution is -2.40. The van der Waals surface area contributed by atoms with Gasteiger partial charge in [0.15, 0.2) is 0 Å². The summed E-state index contributed by atoms with van der Waals surface area (Å²) in [6.07, 6.45) is 6.15. The number of hydrogen-bond donors (Lipinski definition) is 1. The molecule has 5 unspecified atom stereocenters. The van der Waals surface area contributed by atoms with E-state index >= 15 is 0 Å². The fraction of sp³-hybridized carbons (Fsp3) is 1.00. The lowest BCUT2D eigenvalue weighted by Gasteiger charge is -2.21. The molecular weight excluding hydrogens is 174 g/mol. The molecule has 1 N–H and O–H groups in total. The Labute approximate surface area is 87.4 Å². The summed E-state index contributed by atoms with van der Waals surface area (Å²) in [4.78, 5) is 0. The van der Waals surface area contributed by atoms with Crippen molar-refractivity contribution in [2.24, 2.45) is 5.92 Å². The van der Waals surface area contributed by atoms with Crippen molar-refractivity contribution in [3.63, 3.8) is 0 Å². The molecule has 1 heterocycles. The minimum absolute atomic E-state index is 0.404. The summed E-state index contributed by atoms with van der Waals surface area (Å²) in [5, 5.41) is 3.76. The van der Waals surface area contributed by atoms with Gasteiger partial charge in [-0.1, -0.05) is 6.92 Å². The molecule has 0 amide bonds. The summed E-state index contributed by atoms with van der Waals surface area (Å²) in [6.45, 7) is 6.73. The summed E-state index contributed by atoms with van der Waals surface area (Å²) >= 11 is 0. The van der Waals surface area contributed by atoms with Gasteiger partial charge in [-0.05, 0) is 45.4 Å². The highest BCUT2D eigenvalue weighted by Gasteiger charge is 2.32. The van der Waals surface area contributed by atoms with Crippen LogP contribution in [0.5, 0.6) is 0 Å². The van der Waals surface area contributed by atoms with Crippen LogP contribution >= 0.6 is 0 Å². The zero-order valence-electron chi connectivity index (χ0n) is 9.62. The fourth-order valence-electron chi connectivity index (χ4n) is 2.93. The highest BCUT2D eigenvalue weighted by molar-refractivity contribution is 4.88. The van der Waals surface area contributed by atoms with Crippen LogP contribution in [0.2, 0.25) is 0 Å². The van der Waals surface area contributed by atoms with Crippen molar-refractivity contribution in [2.45, 2.75) is 70.7 Å². The molecule has 2 aliphatic rings. The van der Waals surface area contributed by atoms with Crippen molar-refractivity contribution in [3.8, 4) is 0 Å². The number of ether oxygens (including phenoxy) is 1. The van der Waals surface area contributed by atoms with Gasteiger partial charge in [0.05, 0.1) is 12.2 Å². The van der Waals surface area contributed by atoms with E-state index in [1.807, 2.05) is 0 Å². The molecule has 2 nitrogen and oxygen atoms in total. The zero-order valence-corrected chi connectivity index (χ0v) is 9.62. The SMILES string of the molecule is CC1CCC(NC2CC(C)OC2C)C1. The van der Waals surface area contributed by atoms with Crippen molar-refractivity contribution >= 4 is 0 Å². The third-order valence-electron chi connectivity index (χ3n) is 3.74. The van der Waals surface area contributed by atoms with Gasteiger partial charge < -0.3 is 10.1 Å². The Kier molecular flexibility index (Phi) is 3.13. The van der Waals surface area contributed by atoms with E-state index in [0.717, 1.165) is 12.0 Å². The Hall–Kier alpha value is -0.0800. The van der Waals surface area contributed by atoms with Crippen LogP contribution in [0.4, 0.5) is 0 Å². The standard InChI is InChI=1S/C12H23NO/c1-8-4-5-11(6-8)13-12-7-9(2)14-10(12)3/h8-13H,4-7H2,1-3H3. The van der Waals surface area contributed by atoms with Crippen molar-refractivity contribution < 1.29 is 4.74 Å². The molecule has 0 aromatic carbocycles. The molecule has 1 saturated heterocycles. The molecule has 0 spiro atoms. The van der Waals surface area contributed by atoms with Crippen LogP contribution in [-0.4, -0.2) is 24.3 Å². The van der Waals surface area contributed by atoms with Gasteiger partial charge in [0.1, 0.15) is 0 Å². The minimum atomic E-state index is 0.404. The molecule has 0 aromatic rings. The van der Waals surface area contributed by atoms with E-state index in [4.69, 9.17) is 4.74 Å². The summed E-state index contributed by atoms with van der Waals surface area (Å²) < 4.78 is 5.75. The largest absolute Gasteiger partial charge is 0.374 e. The second-order valence-electron chi connectivity index (χ2n) is 5.28. The average Bonchev–Trinajstić information content (AvgIpc) is 2.61. The highest BCUT2D eigenvalue weighted by atomic mass is 16.5. The maximum Gasteiger partial charge on any atom is 0.0704 e. The molecule has 0 aromatic heterocycles. The van der Waals surface area contributed by atoms with Gasteiger partial charge in [-0.15, -0.1) is 0 Å². The normalized spacial score (nSPS) is 48.6. The monoisotopic (exact) mass is 197 g/mol. The molecule has 0 bridgehead atoms. The maximum absolute atomic E-state index is 5.75. The number of nitrogens with one attached hydrogen (secondary N) is 1. The molecular formula is C12H23NO. The Morgan fingerprint density at radius 3 is 2.36 bits per heavy atom. The second-order valence-corrected chi connectivity index (χ2v) is 5.28. The van der Waals surface area contributed by atoms with Crippen molar-refractivity contribution in [2.75, 3.05) is 0 Å². The first-order valence-electron chi connectivity index (χ1n) is 6.06. The quantitative estimate of drug-likeness (QED) is 0.733. The van der Waals surface area contributed by atoms with E-state index in [1.54, 1.807) is 0 Å². The van der Waals surface area contributed by atoms with Gasteiger partial charge in [0, 0.05) is 12.1 Å². The number of rotatable bonds is 2. The van der Waals surface area contributed by atoms with E-state index in [9.17, 15) is 0 Å². The van der Waals surface area contributed by atoms with Crippen molar-refractivity contribution in [1.82, 2.24) is 5.32 Å². The topological polar surface area (TPSA) is 21.3 Å². The first kappa shape index (κ1) is 10.4. The minimum Gasteiger partial charge on any atom is -0.374 e. The first-order valence-corrected chi connectivity index (χ1v) is 6.06. The lowest BCUT2D eigenvalue weighted by molar-refractivity contribution is 0.0595. The van der Waals surface area contributed by atoms with E-state index in [2.05, 4.69) is 26.1 Å². The summed E-state index contributed by atoms with van der Waals surface area (Å²) in [6, 6.07) is 1.35. The van der Waals surface area contributed by atoms with Crippen molar-refractivity contribution in [1.29, 1.82) is 0 Å². The van der Waals surface area contributed by atoms with Crippen LogP contribution in [0.25, 0.3) is 0 Å². The van der Waals surface area contributed by atoms with Crippen LogP contribution in [0, 0.1) is 5.92 Å². The first-order chi connectivity index (χ1) is 6.65. The van der Waals surface area contributed by atoms with E-state index in [1.165, 1.54) is 25.7 Å². The summed E-state index contributed by atoms with van der Waals surface area (Å²) in [7, 11) is 0. The lowest BCUT2D eigenvalue weighted by atomic mass is 10.1. The Morgan fingerprint density at radius 2 is 1.86 bits per heavy atom. The molecule has 2 rings (SSSR count). The van der Waals surface area contributed by atoms with Crippen LogP contribution in [0.3, 0.4) is 0 Å². The van der Waals surface area contributed by atoms with Gasteiger partial charge in [-0.2, -0.15) is 0 Å². The Bertz CT molecular complexity index is 195. The molecule has 2 fully saturated rings. The zero-order chi connectivity index (χ0) is 10.1. The Balaban J connectivity index is 1.80. The van der Waals surface area contributed by atoms with Gasteiger partial charge >= 0.3 is 0 Å². The smallest absolute Gasteiger partial charge is 0.0704 e. The molecule has 5 atom stereocenters. The van der Waals surface area contributed by atoms with Crippen LogP contribution in [0.15, 0.2) is 0 Å². The van der Waals surface area contributed by atoms with Crippen LogP contribution in [-0.2, 0) is 4.74 Å². The van der Waals surface area contributed by atoms with Crippen LogP contribution < -0.4 is 5.32 Å². The molecule has 82 valence electrons. The molecule has 1 saturated carbocycles. The maximum atomic E-state index is 5.75. The molecule has 1 aliphatic heterocycles. The van der Waals surface area contributed by atoms with Gasteiger partial charge in [0.25, 0.3) is 0 Å². The van der Waals surface area contributed by atoms with E-state index in [-0.39, 0.29) is 0 Å². The second kappa shape index (κ2) is 4.19. The van der Waals surface area contributed by atoms with Gasteiger partial charge in [-0.25, -0.2) is 0 Å². The fourth-order valence-corrected chi connectivity index (χ4v) is 2.93. The summed E-state index contributed by atoms with van der Waals surface area (Å²) in [5.41, 5.74) is 0. The summed E-state index contributed by atoms with van der Waals surface area (Å²) in [5.74, 6) is 0.919. The van der Waals surface area contributed by atoms with E-state index in [0.29, 0.717) is 18.2 Å².